The number of hydrogen-bond donors (Lipinski definition) is 3. The third-order valence-corrected chi connectivity index (χ3v) is 2.91. The summed E-state index contributed by atoms with van der Waals surface area (Å²) in [6.07, 6.45) is 0.620. The van der Waals surface area contributed by atoms with Crippen LogP contribution in [0.5, 0.6) is 0 Å². The number of nitrogens with zero attached hydrogens (tertiary/aromatic N) is 3. The van der Waals surface area contributed by atoms with E-state index in [9.17, 15) is 4.79 Å². The molecule has 0 fully saturated rings. The minimum atomic E-state index is -0.193. The second-order valence-electron chi connectivity index (χ2n) is 3.11. The second-order valence-corrected chi connectivity index (χ2v) is 4.03. The van der Waals surface area contributed by atoms with Crippen molar-refractivity contribution in [3.05, 3.63) is 17.0 Å². The first-order chi connectivity index (χ1) is 7.65. The number of amidine groups is 1. The van der Waals surface area contributed by atoms with Gasteiger partial charge >= 0.3 is 0 Å². The molecule has 8 heteroatoms. The average Bonchev–Trinajstić information content (AvgIpc) is 2.58. The molecule has 2 heterocycles. The summed E-state index contributed by atoms with van der Waals surface area (Å²) in [6, 6.07) is 1.79. The van der Waals surface area contributed by atoms with Crippen molar-refractivity contribution in [2.75, 3.05) is 6.54 Å². The lowest BCUT2D eigenvalue weighted by molar-refractivity contribution is 0.0940. The number of aromatic nitrogens is 2. The number of nitrogens with one attached hydrogen (secondary N) is 3. The van der Waals surface area contributed by atoms with Crippen molar-refractivity contribution in [3.8, 4) is 0 Å². The van der Waals surface area contributed by atoms with Crippen molar-refractivity contribution >= 4 is 40.6 Å². The fourth-order valence-electron chi connectivity index (χ4n) is 1.56. The van der Waals surface area contributed by atoms with Gasteiger partial charge in [0, 0.05) is 12.1 Å². The fourth-order valence-corrected chi connectivity index (χ4v) is 2.29. The maximum Gasteiger partial charge on any atom is 0.270 e. The quantitative estimate of drug-likeness (QED) is 0.395. The monoisotopic (exact) mass is 330 g/mol. The van der Waals surface area contributed by atoms with E-state index in [0.717, 1.165) is 0 Å². The molecule has 0 atom stereocenters. The summed E-state index contributed by atoms with van der Waals surface area (Å²) in [4.78, 5) is 15.0. The van der Waals surface area contributed by atoms with E-state index in [-0.39, 0.29) is 11.7 Å². The highest BCUT2D eigenvalue weighted by Crippen LogP contribution is 2.20. The molecule has 3 N–H and O–H groups in total. The summed E-state index contributed by atoms with van der Waals surface area (Å²) >= 11 is 1.88. The topological polar surface area (TPSA) is 107 Å². The molecule has 0 unspecified atom stereocenters. The Hall–Kier alpha value is -1.54. The van der Waals surface area contributed by atoms with Gasteiger partial charge in [-0.15, -0.1) is 0 Å². The lowest BCUT2D eigenvalue weighted by Gasteiger charge is -2.12. The van der Waals surface area contributed by atoms with Gasteiger partial charge in [0.15, 0.2) is 5.84 Å². The molecular formula is C8H7IN6O. The van der Waals surface area contributed by atoms with Crippen LogP contribution in [-0.2, 0) is 6.42 Å². The minimum absolute atomic E-state index is 0.142. The molecule has 1 amide bonds. The largest absolute Gasteiger partial charge is 0.350 e. The van der Waals surface area contributed by atoms with E-state index in [1.807, 2.05) is 22.9 Å². The van der Waals surface area contributed by atoms with Crippen LogP contribution in [0, 0.1) is 10.8 Å². The van der Waals surface area contributed by atoms with Crippen molar-refractivity contribution < 1.29 is 4.79 Å². The number of aliphatic imine (C=N–C) groups is 1. The van der Waals surface area contributed by atoms with Crippen LogP contribution in [0.1, 0.15) is 21.7 Å². The van der Waals surface area contributed by atoms with E-state index in [1.165, 1.54) is 2.90 Å². The third-order valence-electron chi connectivity index (χ3n) is 2.21. The summed E-state index contributed by atoms with van der Waals surface area (Å²) in [7, 11) is 0. The number of amides is 1. The molecule has 0 bridgehead atoms. The lowest BCUT2D eigenvalue weighted by atomic mass is 10.1. The van der Waals surface area contributed by atoms with E-state index in [4.69, 9.17) is 10.8 Å². The van der Waals surface area contributed by atoms with Gasteiger partial charge in [0.05, 0.1) is 28.9 Å². The average molecular weight is 330 g/mol. The first kappa shape index (κ1) is 11.0. The number of hydrogen-bond acceptors (Lipinski definition) is 4. The van der Waals surface area contributed by atoms with Gasteiger partial charge in [0.25, 0.3) is 5.91 Å². The predicted molar refractivity (Wildman–Crippen MR) is 64.7 cm³/mol. The molecule has 1 aromatic rings. The fraction of sp³-hybridized carbons (Fsp3) is 0.250. The van der Waals surface area contributed by atoms with E-state index >= 15 is 0 Å². The molecular weight excluding hydrogens is 323 g/mol. The Kier molecular flexibility index (Phi) is 2.84. The first-order valence-electron chi connectivity index (χ1n) is 4.42. The predicted octanol–water partition coefficient (Wildman–Crippen LogP) is 0.445. The minimum Gasteiger partial charge on any atom is -0.350 e. The Morgan fingerprint density at radius 2 is 2.44 bits per heavy atom. The van der Waals surface area contributed by atoms with Crippen LogP contribution in [0.15, 0.2) is 4.99 Å². The maximum absolute atomic E-state index is 11.6. The van der Waals surface area contributed by atoms with Crippen molar-refractivity contribution in [3.63, 3.8) is 0 Å². The molecule has 16 heavy (non-hydrogen) atoms. The van der Waals surface area contributed by atoms with Crippen LogP contribution >= 0.6 is 22.9 Å². The van der Waals surface area contributed by atoms with Crippen LogP contribution < -0.4 is 5.32 Å². The Morgan fingerprint density at radius 1 is 1.69 bits per heavy atom. The molecule has 1 aromatic heterocycles. The third kappa shape index (κ3) is 1.65. The summed E-state index contributed by atoms with van der Waals surface area (Å²) in [6.45, 7) is 0.531. The molecule has 0 aromatic carbocycles. The molecule has 82 valence electrons. The molecule has 0 spiro atoms. The highest BCUT2D eigenvalue weighted by atomic mass is 127. The van der Waals surface area contributed by atoms with E-state index in [0.29, 0.717) is 29.9 Å². The highest BCUT2D eigenvalue weighted by Gasteiger charge is 2.27. The molecule has 2 rings (SSSR count). The summed E-state index contributed by atoms with van der Waals surface area (Å²) in [5.41, 5.74) is 1.51. The zero-order valence-electron chi connectivity index (χ0n) is 8.04. The van der Waals surface area contributed by atoms with Crippen molar-refractivity contribution in [1.82, 2.24) is 13.3 Å². The van der Waals surface area contributed by atoms with Gasteiger partial charge in [-0.25, -0.2) is 5.41 Å². The summed E-state index contributed by atoms with van der Waals surface area (Å²) in [5, 5.41) is 21.1. The van der Waals surface area contributed by atoms with E-state index in [2.05, 4.69) is 15.4 Å². The van der Waals surface area contributed by atoms with Crippen LogP contribution in [0.3, 0.4) is 0 Å². The maximum atomic E-state index is 11.6. The second kappa shape index (κ2) is 4.14. The number of halogens is 1. The Bertz CT molecular complexity index is 527. The van der Waals surface area contributed by atoms with Gasteiger partial charge in [-0.05, 0) is 6.42 Å². The van der Waals surface area contributed by atoms with Gasteiger partial charge in [-0.1, -0.05) is 0 Å². The standard InChI is InChI=1S/C8H7IN6O/c9-15-6-4(1-2-12-8(6)16)5(14-15)7(11)13-3-10/h10-11H,1-2H2,(H,12,16). The van der Waals surface area contributed by atoms with Crippen LogP contribution in [-0.4, -0.2) is 32.3 Å². The molecule has 7 nitrogen and oxygen atoms in total. The van der Waals surface area contributed by atoms with Crippen molar-refractivity contribution in [2.24, 2.45) is 4.99 Å². The molecule has 1 aliphatic rings. The Balaban J connectivity index is 2.57. The lowest BCUT2D eigenvalue weighted by Crippen LogP contribution is -2.32. The molecule has 0 saturated carbocycles. The summed E-state index contributed by atoms with van der Waals surface area (Å²) < 4.78 is 1.41. The molecule has 0 radical (unpaired) electrons. The van der Waals surface area contributed by atoms with Gasteiger partial charge in [-0.2, -0.15) is 13.0 Å². The Labute approximate surface area is 104 Å². The van der Waals surface area contributed by atoms with Crippen molar-refractivity contribution in [1.29, 1.82) is 10.8 Å². The van der Waals surface area contributed by atoms with Gasteiger partial charge in [0.2, 0.25) is 0 Å². The first-order valence-corrected chi connectivity index (χ1v) is 5.39. The zero-order valence-corrected chi connectivity index (χ0v) is 10.2. The number of rotatable bonds is 1. The number of carbonyl (C=O) groups excluding carboxylic acids is 1. The normalized spacial score (nSPS) is 13.7. The van der Waals surface area contributed by atoms with Crippen molar-refractivity contribution in [2.45, 2.75) is 6.42 Å². The Morgan fingerprint density at radius 3 is 3.12 bits per heavy atom. The SMILES string of the molecule is N=C=NC(=N)c1nn(I)c2c1CCNC2=O. The molecule has 1 aliphatic heterocycles. The number of carbonyl (C=O) groups is 1. The molecule has 0 aliphatic carbocycles. The molecule has 0 saturated heterocycles. The van der Waals surface area contributed by atoms with E-state index in [1.54, 1.807) is 6.01 Å². The van der Waals surface area contributed by atoms with Crippen LogP contribution in [0.25, 0.3) is 0 Å². The number of fused-ring (bicyclic) bond motifs is 1. The van der Waals surface area contributed by atoms with E-state index < -0.39 is 0 Å². The van der Waals surface area contributed by atoms with Gasteiger partial charge < -0.3 is 5.32 Å². The van der Waals surface area contributed by atoms with Gasteiger partial charge in [-0.3, -0.25) is 10.2 Å². The van der Waals surface area contributed by atoms with Gasteiger partial charge in [0.1, 0.15) is 11.4 Å². The van der Waals surface area contributed by atoms with Crippen LogP contribution in [0.2, 0.25) is 0 Å². The smallest absolute Gasteiger partial charge is 0.270 e. The van der Waals surface area contributed by atoms with Crippen LogP contribution in [0.4, 0.5) is 0 Å². The summed E-state index contributed by atoms with van der Waals surface area (Å²) in [5.74, 6) is -0.336. The highest BCUT2D eigenvalue weighted by molar-refractivity contribution is 14.1. The zero-order chi connectivity index (χ0) is 11.7.